The van der Waals surface area contributed by atoms with Crippen LogP contribution < -0.4 is 0 Å². The third kappa shape index (κ3) is 2.17. The van der Waals surface area contributed by atoms with Gasteiger partial charge in [0.1, 0.15) is 0 Å². The molecule has 2 aliphatic rings. The van der Waals surface area contributed by atoms with Gasteiger partial charge in [0.2, 0.25) is 0 Å². The van der Waals surface area contributed by atoms with E-state index in [0.29, 0.717) is 48.7 Å². The van der Waals surface area contributed by atoms with Gasteiger partial charge in [-0.25, -0.2) is 0 Å². The SMILES string of the molecule is O=C(c1ccc2[nH]c(=S)oc2c1)N1CCC2(C1)OCCO2. The highest BCUT2D eigenvalue weighted by atomic mass is 32.1. The Morgan fingerprint density at radius 3 is 2.95 bits per heavy atom. The number of hydrogen-bond acceptors (Lipinski definition) is 5. The predicted molar refractivity (Wildman–Crippen MR) is 76.6 cm³/mol. The minimum absolute atomic E-state index is 0.0461. The number of aromatic nitrogens is 1. The van der Waals surface area contributed by atoms with Crippen molar-refractivity contribution in [3.05, 3.63) is 28.6 Å². The highest BCUT2D eigenvalue weighted by Crippen LogP contribution is 2.31. The summed E-state index contributed by atoms with van der Waals surface area (Å²) in [5, 5.41) is 0. The average molecular weight is 306 g/mol. The Hall–Kier alpha value is -1.70. The molecule has 0 bridgehead atoms. The van der Waals surface area contributed by atoms with E-state index >= 15 is 0 Å². The van der Waals surface area contributed by atoms with E-state index in [-0.39, 0.29) is 5.91 Å². The molecule has 2 aromatic rings. The summed E-state index contributed by atoms with van der Waals surface area (Å²) in [4.78, 5) is 17.6. The number of nitrogens with zero attached hydrogens (tertiary/aromatic N) is 1. The number of aromatic amines is 1. The van der Waals surface area contributed by atoms with Gasteiger partial charge < -0.3 is 23.8 Å². The lowest BCUT2D eigenvalue weighted by atomic mass is 10.2. The first-order valence-electron chi connectivity index (χ1n) is 6.85. The number of amides is 1. The summed E-state index contributed by atoms with van der Waals surface area (Å²) in [6, 6.07) is 5.29. The van der Waals surface area contributed by atoms with Gasteiger partial charge in [-0.1, -0.05) is 0 Å². The van der Waals surface area contributed by atoms with E-state index in [1.54, 1.807) is 23.1 Å². The van der Waals surface area contributed by atoms with Crippen molar-refractivity contribution in [2.24, 2.45) is 0 Å². The van der Waals surface area contributed by atoms with Gasteiger partial charge in [-0.3, -0.25) is 4.79 Å². The van der Waals surface area contributed by atoms with E-state index in [2.05, 4.69) is 4.98 Å². The quantitative estimate of drug-likeness (QED) is 0.817. The van der Waals surface area contributed by atoms with Gasteiger partial charge in [0.05, 0.1) is 25.3 Å². The molecular formula is C14H14N2O4S. The summed E-state index contributed by atoms with van der Waals surface area (Å²) in [6.07, 6.45) is 0.714. The van der Waals surface area contributed by atoms with Crippen LogP contribution in [-0.4, -0.2) is 47.9 Å². The first-order chi connectivity index (χ1) is 10.2. The van der Waals surface area contributed by atoms with Gasteiger partial charge in [-0.15, -0.1) is 0 Å². The molecule has 3 heterocycles. The molecule has 1 N–H and O–H groups in total. The Morgan fingerprint density at radius 1 is 1.33 bits per heavy atom. The molecule has 7 heteroatoms. The molecular weight excluding hydrogens is 292 g/mol. The molecule has 0 unspecified atom stereocenters. The minimum Gasteiger partial charge on any atom is -0.429 e. The Morgan fingerprint density at radius 2 is 2.14 bits per heavy atom. The summed E-state index contributed by atoms with van der Waals surface area (Å²) >= 11 is 4.95. The second-order valence-electron chi connectivity index (χ2n) is 5.31. The molecule has 1 spiro atoms. The molecule has 2 aliphatic heterocycles. The topological polar surface area (TPSA) is 67.7 Å². The molecule has 6 nitrogen and oxygen atoms in total. The molecule has 110 valence electrons. The normalized spacial score (nSPS) is 20.7. The second-order valence-corrected chi connectivity index (χ2v) is 5.68. The lowest BCUT2D eigenvalue weighted by Crippen LogP contribution is -2.36. The van der Waals surface area contributed by atoms with Crippen LogP contribution >= 0.6 is 12.2 Å². The van der Waals surface area contributed by atoms with Crippen molar-refractivity contribution < 1.29 is 18.7 Å². The van der Waals surface area contributed by atoms with Gasteiger partial charge in [-0.2, -0.15) is 0 Å². The summed E-state index contributed by atoms with van der Waals surface area (Å²) < 4.78 is 16.6. The van der Waals surface area contributed by atoms with Crippen LogP contribution in [0.2, 0.25) is 0 Å². The van der Waals surface area contributed by atoms with Gasteiger partial charge >= 0.3 is 0 Å². The third-order valence-electron chi connectivity index (χ3n) is 3.96. The maximum absolute atomic E-state index is 12.6. The third-order valence-corrected chi connectivity index (χ3v) is 4.15. The number of nitrogens with one attached hydrogen (secondary N) is 1. The van der Waals surface area contributed by atoms with Crippen LogP contribution in [0, 0.1) is 4.84 Å². The number of ether oxygens (including phenoxy) is 2. The van der Waals surface area contributed by atoms with Gasteiger partial charge in [0.15, 0.2) is 11.4 Å². The van der Waals surface area contributed by atoms with Crippen LogP contribution in [0.1, 0.15) is 16.8 Å². The highest BCUT2D eigenvalue weighted by molar-refractivity contribution is 7.71. The molecule has 0 aliphatic carbocycles. The summed E-state index contributed by atoms with van der Waals surface area (Å²) in [6.45, 7) is 2.30. The van der Waals surface area contributed by atoms with Crippen LogP contribution in [0.15, 0.2) is 22.6 Å². The van der Waals surface area contributed by atoms with Crippen molar-refractivity contribution >= 4 is 29.2 Å². The molecule has 1 aromatic carbocycles. The van der Waals surface area contributed by atoms with E-state index in [9.17, 15) is 4.79 Å². The Bertz CT molecular complexity index is 760. The number of rotatable bonds is 1. The van der Waals surface area contributed by atoms with Crippen LogP contribution in [0.3, 0.4) is 0 Å². The van der Waals surface area contributed by atoms with Crippen LogP contribution in [0.25, 0.3) is 11.1 Å². The van der Waals surface area contributed by atoms with Crippen molar-refractivity contribution in [1.29, 1.82) is 0 Å². The van der Waals surface area contributed by atoms with Crippen LogP contribution in [-0.2, 0) is 9.47 Å². The fraction of sp³-hybridized carbons (Fsp3) is 0.429. The van der Waals surface area contributed by atoms with Crippen molar-refractivity contribution in [3.63, 3.8) is 0 Å². The van der Waals surface area contributed by atoms with Gasteiger partial charge in [0, 0.05) is 18.5 Å². The Kier molecular flexibility index (Phi) is 2.88. The number of carbonyl (C=O) groups is 1. The largest absolute Gasteiger partial charge is 0.429 e. The second kappa shape index (κ2) is 4.66. The summed E-state index contributed by atoms with van der Waals surface area (Å²) in [5.41, 5.74) is 1.96. The van der Waals surface area contributed by atoms with Crippen molar-refractivity contribution in [1.82, 2.24) is 9.88 Å². The van der Waals surface area contributed by atoms with Crippen molar-refractivity contribution in [3.8, 4) is 0 Å². The summed E-state index contributed by atoms with van der Waals surface area (Å²) in [7, 11) is 0. The first kappa shape index (κ1) is 13.0. The maximum atomic E-state index is 12.6. The number of fused-ring (bicyclic) bond motifs is 1. The van der Waals surface area contributed by atoms with E-state index in [1.165, 1.54) is 0 Å². The Labute approximate surface area is 125 Å². The van der Waals surface area contributed by atoms with E-state index in [1.807, 2.05) is 0 Å². The van der Waals surface area contributed by atoms with Crippen molar-refractivity contribution in [2.45, 2.75) is 12.2 Å². The number of benzene rings is 1. The zero-order valence-electron chi connectivity index (χ0n) is 11.3. The molecule has 2 saturated heterocycles. The lowest BCUT2D eigenvalue weighted by molar-refractivity contribution is -0.143. The fourth-order valence-corrected chi connectivity index (χ4v) is 3.12. The molecule has 2 fully saturated rings. The van der Waals surface area contributed by atoms with E-state index < -0.39 is 5.79 Å². The maximum Gasteiger partial charge on any atom is 0.266 e. The molecule has 0 atom stereocenters. The molecule has 21 heavy (non-hydrogen) atoms. The van der Waals surface area contributed by atoms with Gasteiger partial charge in [0.25, 0.3) is 10.7 Å². The highest BCUT2D eigenvalue weighted by Gasteiger charge is 2.44. The molecule has 1 aromatic heterocycles. The monoisotopic (exact) mass is 306 g/mol. The molecule has 0 saturated carbocycles. The molecule has 1 amide bonds. The number of H-pyrrole nitrogens is 1. The number of oxazole rings is 1. The van der Waals surface area contributed by atoms with E-state index in [0.717, 1.165) is 5.52 Å². The molecule has 4 rings (SSSR count). The Balaban J connectivity index is 1.60. The number of likely N-dealkylation sites (tertiary alicyclic amines) is 1. The van der Waals surface area contributed by atoms with Gasteiger partial charge in [-0.05, 0) is 30.4 Å². The number of hydrogen-bond donors (Lipinski definition) is 1. The molecule has 0 radical (unpaired) electrons. The standard InChI is InChI=1S/C14H14N2O4S/c17-12(16-4-3-14(8-16)18-5-6-19-14)9-1-2-10-11(7-9)20-13(21)15-10/h1-2,7H,3-6,8H2,(H,15,21). The average Bonchev–Trinajstić information content (AvgIpc) is 3.18. The zero-order valence-corrected chi connectivity index (χ0v) is 12.1. The first-order valence-corrected chi connectivity index (χ1v) is 7.26. The fourth-order valence-electron chi connectivity index (χ4n) is 2.92. The number of carbonyl (C=O) groups excluding carboxylic acids is 1. The summed E-state index contributed by atoms with van der Waals surface area (Å²) in [5.74, 6) is -0.637. The predicted octanol–water partition coefficient (Wildman–Crippen LogP) is 2.08. The smallest absolute Gasteiger partial charge is 0.266 e. The van der Waals surface area contributed by atoms with Crippen LogP contribution in [0.5, 0.6) is 0 Å². The lowest BCUT2D eigenvalue weighted by Gasteiger charge is -2.22. The zero-order chi connectivity index (χ0) is 14.4. The van der Waals surface area contributed by atoms with Crippen LogP contribution in [0.4, 0.5) is 0 Å². The van der Waals surface area contributed by atoms with E-state index in [4.69, 9.17) is 26.1 Å². The van der Waals surface area contributed by atoms with Crippen molar-refractivity contribution in [2.75, 3.05) is 26.3 Å². The minimum atomic E-state index is -0.591.